The van der Waals surface area contributed by atoms with Gasteiger partial charge in [-0.05, 0) is 49.0 Å². The van der Waals surface area contributed by atoms with E-state index in [1.165, 1.54) is 9.78 Å². The van der Waals surface area contributed by atoms with Crippen LogP contribution in [0.2, 0.25) is 5.02 Å². The Labute approximate surface area is 143 Å². The molecule has 6 heteroatoms. The topological polar surface area (TPSA) is 32.3 Å². The van der Waals surface area contributed by atoms with Gasteiger partial charge in [0.15, 0.2) is 5.11 Å². The molecular formula is C16H13ClN2OS2. The second-order valence-corrected chi connectivity index (χ2v) is 7.03. The van der Waals surface area contributed by atoms with Crippen molar-refractivity contribution in [2.75, 3.05) is 0 Å². The highest BCUT2D eigenvalue weighted by atomic mass is 35.5. The lowest BCUT2D eigenvalue weighted by molar-refractivity contribution is -0.122. The molecule has 1 aromatic carbocycles. The van der Waals surface area contributed by atoms with E-state index in [9.17, 15) is 4.79 Å². The van der Waals surface area contributed by atoms with Gasteiger partial charge in [-0.2, -0.15) is 0 Å². The van der Waals surface area contributed by atoms with Crippen molar-refractivity contribution < 1.29 is 4.79 Å². The Hall–Kier alpha value is -1.69. The first-order chi connectivity index (χ1) is 10.5. The number of thiocarbonyl (C=S) groups is 1. The molecule has 0 unspecified atom stereocenters. The molecule has 0 aliphatic carbocycles. The minimum absolute atomic E-state index is 0.129. The van der Waals surface area contributed by atoms with Crippen LogP contribution in [0, 0.1) is 6.92 Å². The highest BCUT2D eigenvalue weighted by molar-refractivity contribution is 7.80. The predicted molar refractivity (Wildman–Crippen MR) is 94.8 cm³/mol. The summed E-state index contributed by atoms with van der Waals surface area (Å²) in [4.78, 5) is 16.3. The van der Waals surface area contributed by atoms with Crippen LogP contribution < -0.4 is 5.32 Å². The van der Waals surface area contributed by atoms with Crippen LogP contribution in [0.3, 0.4) is 0 Å². The van der Waals surface area contributed by atoms with Crippen LogP contribution >= 0.6 is 35.2 Å². The lowest BCUT2D eigenvalue weighted by atomic mass is 10.2. The fraction of sp³-hybridized carbons (Fsp3) is 0.125. The summed E-state index contributed by atoms with van der Waals surface area (Å²) < 4.78 is 0. The summed E-state index contributed by atoms with van der Waals surface area (Å²) in [7, 11) is 0. The molecule has 22 heavy (non-hydrogen) atoms. The highest BCUT2D eigenvalue weighted by Crippen LogP contribution is 2.23. The van der Waals surface area contributed by atoms with E-state index in [2.05, 4.69) is 5.32 Å². The smallest absolute Gasteiger partial charge is 0.276 e. The van der Waals surface area contributed by atoms with Gasteiger partial charge >= 0.3 is 0 Å². The summed E-state index contributed by atoms with van der Waals surface area (Å²) in [5.41, 5.74) is 1.37. The lowest BCUT2D eigenvalue weighted by Crippen LogP contribution is -2.30. The Morgan fingerprint density at radius 3 is 2.77 bits per heavy atom. The van der Waals surface area contributed by atoms with Crippen LogP contribution in [-0.4, -0.2) is 15.9 Å². The van der Waals surface area contributed by atoms with Crippen molar-refractivity contribution in [3.05, 3.63) is 62.4 Å². The van der Waals surface area contributed by atoms with Crippen molar-refractivity contribution in [3.63, 3.8) is 0 Å². The van der Waals surface area contributed by atoms with E-state index >= 15 is 0 Å². The van der Waals surface area contributed by atoms with Crippen molar-refractivity contribution in [2.24, 2.45) is 0 Å². The molecule has 2 aromatic rings. The summed E-state index contributed by atoms with van der Waals surface area (Å²) >= 11 is 13.1. The number of carbonyl (C=O) groups excluding carboxylic acids is 1. The third-order valence-corrected chi connectivity index (χ3v) is 4.94. The van der Waals surface area contributed by atoms with Crippen LogP contribution in [0.15, 0.2) is 42.1 Å². The highest BCUT2D eigenvalue weighted by Gasteiger charge is 2.31. The van der Waals surface area contributed by atoms with Crippen molar-refractivity contribution in [2.45, 2.75) is 13.5 Å². The fourth-order valence-electron chi connectivity index (χ4n) is 2.19. The van der Waals surface area contributed by atoms with Gasteiger partial charge < -0.3 is 5.32 Å². The molecule has 1 aromatic heterocycles. The van der Waals surface area contributed by atoms with Crippen molar-refractivity contribution >= 4 is 52.3 Å². The Balaban J connectivity index is 1.83. The number of nitrogens with one attached hydrogen (secondary N) is 1. The second kappa shape index (κ2) is 6.20. The first-order valence-corrected chi connectivity index (χ1v) is 8.29. The third kappa shape index (κ3) is 3.06. The van der Waals surface area contributed by atoms with Crippen molar-refractivity contribution in [1.82, 2.24) is 10.2 Å². The quantitative estimate of drug-likeness (QED) is 0.673. The van der Waals surface area contributed by atoms with Crippen LogP contribution in [-0.2, 0) is 11.3 Å². The second-order valence-electron chi connectivity index (χ2n) is 4.92. The Morgan fingerprint density at radius 2 is 2.09 bits per heavy atom. The van der Waals surface area contributed by atoms with Gasteiger partial charge in [0.1, 0.15) is 5.70 Å². The lowest BCUT2D eigenvalue weighted by Gasteiger charge is -2.14. The van der Waals surface area contributed by atoms with E-state index in [-0.39, 0.29) is 5.91 Å². The number of hydrogen-bond acceptors (Lipinski definition) is 3. The van der Waals surface area contributed by atoms with Crippen LogP contribution in [0.5, 0.6) is 0 Å². The first-order valence-electron chi connectivity index (χ1n) is 6.69. The third-order valence-electron chi connectivity index (χ3n) is 3.30. The molecule has 112 valence electrons. The Kier molecular flexibility index (Phi) is 4.29. The molecule has 3 nitrogen and oxygen atoms in total. The van der Waals surface area contributed by atoms with E-state index in [0.29, 0.717) is 22.4 Å². The zero-order valence-corrected chi connectivity index (χ0v) is 14.2. The molecule has 0 spiro atoms. The first kappa shape index (κ1) is 15.2. The Morgan fingerprint density at radius 1 is 1.32 bits per heavy atom. The summed E-state index contributed by atoms with van der Waals surface area (Å²) in [5.74, 6) is -0.129. The average molecular weight is 349 g/mol. The summed E-state index contributed by atoms with van der Waals surface area (Å²) in [6, 6.07) is 11.5. The van der Waals surface area contributed by atoms with Gasteiger partial charge in [0.2, 0.25) is 0 Å². The van der Waals surface area contributed by atoms with Crippen molar-refractivity contribution in [1.29, 1.82) is 0 Å². The Bertz CT molecular complexity index is 782. The van der Waals surface area contributed by atoms with Gasteiger partial charge in [-0.1, -0.05) is 29.8 Å². The van der Waals surface area contributed by atoms with Gasteiger partial charge in [0.05, 0.1) is 6.54 Å². The molecule has 1 saturated heterocycles. The normalized spacial score (nSPS) is 16.5. The molecule has 3 rings (SSSR count). The number of halogens is 1. The summed E-state index contributed by atoms with van der Waals surface area (Å²) in [5, 5.41) is 4.02. The minimum Gasteiger partial charge on any atom is -0.328 e. The molecule has 2 heterocycles. The van der Waals surface area contributed by atoms with Gasteiger partial charge in [-0.25, -0.2) is 0 Å². The fourth-order valence-corrected chi connectivity index (χ4v) is 3.46. The average Bonchev–Trinajstić information content (AvgIpc) is 3.00. The maximum atomic E-state index is 12.5. The molecule has 0 bridgehead atoms. The largest absolute Gasteiger partial charge is 0.328 e. The molecule has 0 saturated carbocycles. The number of hydrogen-bond donors (Lipinski definition) is 1. The number of rotatable bonds is 3. The molecule has 0 radical (unpaired) electrons. The van der Waals surface area contributed by atoms with Crippen LogP contribution in [0.4, 0.5) is 0 Å². The van der Waals surface area contributed by atoms with Gasteiger partial charge in [0.25, 0.3) is 5.91 Å². The molecule has 1 N–H and O–H groups in total. The van der Waals surface area contributed by atoms with Gasteiger partial charge in [0, 0.05) is 14.8 Å². The molecule has 1 aliphatic heterocycles. The van der Waals surface area contributed by atoms with Crippen LogP contribution in [0.25, 0.3) is 6.08 Å². The number of carbonyl (C=O) groups is 1. The van der Waals surface area contributed by atoms with E-state index in [4.69, 9.17) is 23.8 Å². The predicted octanol–water partition coefficient (Wildman–Crippen LogP) is 3.97. The van der Waals surface area contributed by atoms with E-state index in [1.54, 1.807) is 17.4 Å². The van der Waals surface area contributed by atoms with E-state index in [1.807, 2.05) is 43.3 Å². The maximum Gasteiger partial charge on any atom is 0.276 e. The van der Waals surface area contributed by atoms with Crippen LogP contribution in [0.1, 0.15) is 15.3 Å². The molecule has 1 amide bonds. The summed E-state index contributed by atoms with van der Waals surface area (Å²) in [6.45, 7) is 2.40. The standard InChI is InChI=1S/C16H13ClN2OS2/c1-10-6-7-12(22-10)8-14-15(20)19(16(21)18-14)9-11-4-2-3-5-13(11)17/h2-8H,9H2,1H3,(H,18,21)/b14-8-. The van der Waals surface area contributed by atoms with Crippen molar-refractivity contribution in [3.8, 4) is 0 Å². The summed E-state index contributed by atoms with van der Waals surface area (Å²) in [6.07, 6.45) is 1.83. The number of aryl methyl sites for hydroxylation is 1. The van der Waals surface area contributed by atoms with E-state index in [0.717, 1.165) is 10.4 Å². The number of amides is 1. The maximum absolute atomic E-state index is 12.5. The molecule has 1 aliphatic rings. The molecule has 0 atom stereocenters. The number of benzene rings is 1. The minimum atomic E-state index is -0.129. The van der Waals surface area contributed by atoms with E-state index < -0.39 is 0 Å². The molecule has 1 fully saturated rings. The zero-order valence-electron chi connectivity index (χ0n) is 11.8. The SMILES string of the molecule is Cc1ccc(/C=C2\NC(=S)N(Cc3ccccc3Cl)C2=O)s1. The zero-order chi connectivity index (χ0) is 15.7. The van der Waals surface area contributed by atoms with Gasteiger partial charge in [-0.3, -0.25) is 9.69 Å². The number of thiophene rings is 1. The number of nitrogens with zero attached hydrogens (tertiary/aromatic N) is 1. The molecular weight excluding hydrogens is 336 g/mol. The van der Waals surface area contributed by atoms with Gasteiger partial charge in [-0.15, -0.1) is 11.3 Å². The monoisotopic (exact) mass is 348 g/mol.